The minimum atomic E-state index is -0.472. The molecule has 1 aliphatic rings. The van der Waals surface area contributed by atoms with Crippen LogP contribution in [0.1, 0.15) is 35.2 Å². The van der Waals surface area contributed by atoms with E-state index in [1.165, 1.54) is 0 Å². The molecule has 0 amide bonds. The van der Waals surface area contributed by atoms with Crippen LogP contribution in [0.3, 0.4) is 0 Å². The maximum Gasteiger partial charge on any atom is 0.365 e. The van der Waals surface area contributed by atoms with Gasteiger partial charge in [-0.3, -0.25) is 0 Å². The first-order valence-corrected chi connectivity index (χ1v) is 7.90. The zero-order valence-electron chi connectivity index (χ0n) is 12.5. The lowest BCUT2D eigenvalue weighted by atomic mass is 10.1. The van der Waals surface area contributed by atoms with Crippen LogP contribution in [0, 0.1) is 0 Å². The summed E-state index contributed by atoms with van der Waals surface area (Å²) in [5, 5.41) is 4.65. The number of hydrogen-bond donors (Lipinski definition) is 0. The van der Waals surface area contributed by atoms with Crippen molar-refractivity contribution < 1.29 is 9.63 Å². The monoisotopic (exact) mass is 325 g/mol. The first kappa shape index (κ1) is 15.5. The minimum Gasteiger partial charge on any atom is -0.313 e. The van der Waals surface area contributed by atoms with E-state index in [2.05, 4.69) is 11.2 Å². The standard InChI is InChI=1S/C19H16ClNO2/c20-17-11-9-15(10-12-17)19(22)23-21-18-8-4-7-16(18)13-14-5-2-1-3-6-14/h1-3,5-6,9-13H,4,7-8H2/b16-13+,21-18+. The van der Waals surface area contributed by atoms with E-state index in [-0.39, 0.29) is 0 Å². The maximum absolute atomic E-state index is 12.0. The van der Waals surface area contributed by atoms with Crippen LogP contribution in [0.4, 0.5) is 0 Å². The second-order valence-corrected chi connectivity index (χ2v) is 5.79. The van der Waals surface area contributed by atoms with Crippen LogP contribution >= 0.6 is 11.6 Å². The number of halogens is 1. The van der Waals surface area contributed by atoms with Crippen molar-refractivity contribution >= 4 is 29.4 Å². The summed E-state index contributed by atoms with van der Waals surface area (Å²) in [4.78, 5) is 17.1. The summed E-state index contributed by atoms with van der Waals surface area (Å²) in [5.41, 5.74) is 3.53. The highest BCUT2D eigenvalue weighted by Crippen LogP contribution is 2.24. The molecule has 3 rings (SSSR count). The lowest BCUT2D eigenvalue weighted by Gasteiger charge is -2.02. The summed E-state index contributed by atoms with van der Waals surface area (Å²) in [6.45, 7) is 0. The van der Waals surface area contributed by atoms with Crippen molar-refractivity contribution in [3.05, 3.63) is 76.3 Å². The highest BCUT2D eigenvalue weighted by atomic mass is 35.5. The van der Waals surface area contributed by atoms with Gasteiger partial charge in [-0.1, -0.05) is 47.1 Å². The Bertz CT molecular complexity index is 749. The Balaban J connectivity index is 1.72. The molecule has 0 aromatic heterocycles. The fourth-order valence-corrected chi connectivity index (χ4v) is 2.62. The third-order valence-electron chi connectivity index (χ3n) is 3.69. The number of carbonyl (C=O) groups excluding carboxylic acids is 1. The second-order valence-electron chi connectivity index (χ2n) is 5.36. The van der Waals surface area contributed by atoms with Gasteiger partial charge in [-0.05, 0) is 60.7 Å². The Labute approximate surface area is 140 Å². The Morgan fingerprint density at radius 3 is 2.52 bits per heavy atom. The van der Waals surface area contributed by atoms with Crippen molar-refractivity contribution in [2.45, 2.75) is 19.3 Å². The molecule has 0 bridgehead atoms. The smallest absolute Gasteiger partial charge is 0.313 e. The Kier molecular flexibility index (Phi) is 4.89. The summed E-state index contributed by atoms with van der Waals surface area (Å²) in [5.74, 6) is -0.472. The molecule has 0 radical (unpaired) electrons. The number of carbonyl (C=O) groups is 1. The van der Waals surface area contributed by atoms with Gasteiger partial charge in [-0.2, -0.15) is 0 Å². The highest BCUT2D eigenvalue weighted by Gasteiger charge is 2.17. The summed E-state index contributed by atoms with van der Waals surface area (Å²) in [6, 6.07) is 16.6. The van der Waals surface area contributed by atoms with Crippen molar-refractivity contribution in [2.24, 2.45) is 5.16 Å². The molecule has 0 N–H and O–H groups in total. The summed E-state index contributed by atoms with van der Waals surface area (Å²) in [6.07, 6.45) is 4.90. The first-order valence-electron chi connectivity index (χ1n) is 7.52. The first-order chi connectivity index (χ1) is 11.2. The molecule has 3 nitrogen and oxygen atoms in total. The zero-order chi connectivity index (χ0) is 16.1. The lowest BCUT2D eigenvalue weighted by molar-refractivity contribution is 0.0516. The van der Waals surface area contributed by atoms with Gasteiger partial charge in [0, 0.05) is 5.02 Å². The number of oxime groups is 1. The molecule has 0 spiro atoms. The predicted octanol–water partition coefficient (Wildman–Crippen LogP) is 5.12. The number of hydrogen-bond acceptors (Lipinski definition) is 3. The van der Waals surface area contributed by atoms with Gasteiger partial charge in [-0.25, -0.2) is 4.79 Å². The largest absolute Gasteiger partial charge is 0.365 e. The molecule has 0 atom stereocenters. The van der Waals surface area contributed by atoms with Crippen molar-refractivity contribution in [3.8, 4) is 0 Å². The molecule has 1 aliphatic carbocycles. The minimum absolute atomic E-state index is 0.435. The average molecular weight is 326 g/mol. The van der Waals surface area contributed by atoms with Crippen LogP contribution < -0.4 is 0 Å². The number of benzene rings is 2. The van der Waals surface area contributed by atoms with E-state index < -0.39 is 5.97 Å². The van der Waals surface area contributed by atoms with Crippen molar-refractivity contribution in [1.29, 1.82) is 0 Å². The second kappa shape index (κ2) is 7.25. The van der Waals surface area contributed by atoms with Crippen LogP contribution in [-0.2, 0) is 4.84 Å². The van der Waals surface area contributed by atoms with Gasteiger partial charge in [0.2, 0.25) is 0 Å². The van der Waals surface area contributed by atoms with Crippen LogP contribution in [0.2, 0.25) is 5.02 Å². The summed E-state index contributed by atoms with van der Waals surface area (Å²) in [7, 11) is 0. The van der Waals surface area contributed by atoms with E-state index in [1.807, 2.05) is 30.3 Å². The summed E-state index contributed by atoms with van der Waals surface area (Å²) < 4.78 is 0. The topological polar surface area (TPSA) is 38.7 Å². The molecule has 0 unspecified atom stereocenters. The molecule has 0 aliphatic heterocycles. The molecule has 116 valence electrons. The van der Waals surface area contributed by atoms with Gasteiger partial charge in [-0.15, -0.1) is 0 Å². The van der Waals surface area contributed by atoms with Crippen LogP contribution in [0.15, 0.2) is 65.3 Å². The van der Waals surface area contributed by atoms with Gasteiger partial charge in [0.1, 0.15) is 0 Å². The van der Waals surface area contributed by atoms with E-state index >= 15 is 0 Å². The SMILES string of the molecule is O=C(O/N=C1\CCC\C1=C/c1ccccc1)c1ccc(Cl)cc1. The maximum atomic E-state index is 12.0. The normalized spacial score (nSPS) is 17.6. The van der Waals surface area contributed by atoms with E-state index in [0.717, 1.165) is 36.1 Å². The number of rotatable bonds is 3. The van der Waals surface area contributed by atoms with Gasteiger partial charge in [0.25, 0.3) is 0 Å². The molecule has 1 saturated carbocycles. The van der Waals surface area contributed by atoms with E-state index in [1.54, 1.807) is 24.3 Å². The van der Waals surface area contributed by atoms with Crippen LogP contribution in [0.25, 0.3) is 6.08 Å². The average Bonchev–Trinajstić information content (AvgIpc) is 3.01. The summed E-state index contributed by atoms with van der Waals surface area (Å²) >= 11 is 5.81. The molecule has 2 aromatic rings. The Hall–Kier alpha value is -2.39. The Morgan fingerprint density at radius 2 is 1.78 bits per heavy atom. The zero-order valence-corrected chi connectivity index (χ0v) is 13.3. The van der Waals surface area contributed by atoms with Crippen molar-refractivity contribution in [1.82, 2.24) is 0 Å². The van der Waals surface area contributed by atoms with E-state index in [9.17, 15) is 4.79 Å². The molecule has 4 heteroatoms. The molecule has 2 aromatic carbocycles. The third kappa shape index (κ3) is 4.08. The number of nitrogens with zero attached hydrogens (tertiary/aromatic N) is 1. The van der Waals surface area contributed by atoms with Gasteiger partial charge in [0.15, 0.2) is 0 Å². The molecule has 1 fully saturated rings. The molecule has 0 saturated heterocycles. The molecule has 0 heterocycles. The van der Waals surface area contributed by atoms with Gasteiger partial charge < -0.3 is 4.84 Å². The molecular formula is C19H16ClNO2. The number of allylic oxidation sites excluding steroid dienone is 1. The van der Waals surface area contributed by atoms with Crippen LogP contribution in [-0.4, -0.2) is 11.7 Å². The highest BCUT2D eigenvalue weighted by molar-refractivity contribution is 6.30. The predicted molar refractivity (Wildman–Crippen MR) is 92.6 cm³/mol. The van der Waals surface area contributed by atoms with E-state index in [0.29, 0.717) is 10.6 Å². The van der Waals surface area contributed by atoms with Crippen LogP contribution in [0.5, 0.6) is 0 Å². The van der Waals surface area contributed by atoms with E-state index in [4.69, 9.17) is 16.4 Å². The fourth-order valence-electron chi connectivity index (χ4n) is 2.50. The van der Waals surface area contributed by atoms with Crippen molar-refractivity contribution in [2.75, 3.05) is 0 Å². The molecule has 23 heavy (non-hydrogen) atoms. The van der Waals surface area contributed by atoms with Gasteiger partial charge >= 0.3 is 5.97 Å². The lowest BCUT2D eigenvalue weighted by Crippen LogP contribution is -2.03. The third-order valence-corrected chi connectivity index (χ3v) is 3.94. The van der Waals surface area contributed by atoms with Gasteiger partial charge in [0.05, 0.1) is 11.3 Å². The fraction of sp³-hybridized carbons (Fsp3) is 0.158. The Morgan fingerprint density at radius 1 is 1.04 bits per heavy atom. The van der Waals surface area contributed by atoms with Crippen molar-refractivity contribution in [3.63, 3.8) is 0 Å². The molecular weight excluding hydrogens is 310 g/mol. The quantitative estimate of drug-likeness (QED) is 0.580.